The van der Waals surface area contributed by atoms with Crippen LogP contribution in [0.2, 0.25) is 0 Å². The van der Waals surface area contributed by atoms with Crippen molar-refractivity contribution in [2.24, 2.45) is 0 Å². The van der Waals surface area contributed by atoms with Gasteiger partial charge in [-0.2, -0.15) is 0 Å². The highest BCUT2D eigenvalue weighted by atomic mass is 15.2. The van der Waals surface area contributed by atoms with Crippen molar-refractivity contribution in [3.63, 3.8) is 0 Å². The van der Waals surface area contributed by atoms with Crippen molar-refractivity contribution >= 4 is 16.5 Å². The predicted octanol–water partition coefficient (Wildman–Crippen LogP) is 3.81. The van der Waals surface area contributed by atoms with Gasteiger partial charge in [-0.05, 0) is 35.7 Å². The van der Waals surface area contributed by atoms with E-state index in [1.807, 2.05) is 0 Å². The van der Waals surface area contributed by atoms with Crippen LogP contribution in [0, 0.1) is 0 Å². The summed E-state index contributed by atoms with van der Waals surface area (Å²) in [5, 5.41) is 6.33. The Morgan fingerprint density at radius 2 is 1.85 bits per heavy atom. The third-order valence-electron chi connectivity index (χ3n) is 4.53. The molecule has 1 aliphatic heterocycles. The Hall–Kier alpha value is -1.54. The molecule has 2 heteroatoms. The number of fused-ring (bicyclic) bond motifs is 1. The molecule has 106 valence electrons. The summed E-state index contributed by atoms with van der Waals surface area (Å²) in [6, 6.07) is 16.7. The molecule has 1 saturated heterocycles. The normalized spacial score (nSPS) is 23.2. The van der Waals surface area contributed by atoms with Gasteiger partial charge in [0.25, 0.3) is 0 Å². The number of piperazine rings is 1. The first-order chi connectivity index (χ1) is 9.81. The second kappa shape index (κ2) is 5.84. The van der Waals surface area contributed by atoms with Crippen LogP contribution in [0.3, 0.4) is 0 Å². The molecule has 2 nitrogen and oxygen atoms in total. The molecule has 20 heavy (non-hydrogen) atoms. The number of hydrogen-bond donors (Lipinski definition) is 1. The Bertz CT molecular complexity index is 578. The molecule has 0 bridgehead atoms. The van der Waals surface area contributed by atoms with Gasteiger partial charge in [0, 0.05) is 30.9 Å². The fraction of sp³-hybridized carbons (Fsp3) is 0.444. The molecule has 0 spiro atoms. The summed E-state index contributed by atoms with van der Waals surface area (Å²) in [5.74, 6) is 0. The summed E-state index contributed by atoms with van der Waals surface area (Å²) >= 11 is 0. The Labute approximate surface area is 121 Å². The van der Waals surface area contributed by atoms with Crippen LogP contribution in [0.15, 0.2) is 42.5 Å². The minimum atomic E-state index is 0.610. The SMILES string of the molecule is CCC1CN(c2ccc3ccccc3c2)C(CC)CN1. The van der Waals surface area contributed by atoms with Gasteiger partial charge in [0.15, 0.2) is 0 Å². The molecule has 3 rings (SSSR count). The number of nitrogens with zero attached hydrogens (tertiary/aromatic N) is 1. The number of rotatable bonds is 3. The van der Waals surface area contributed by atoms with Gasteiger partial charge in [-0.1, -0.05) is 44.2 Å². The van der Waals surface area contributed by atoms with E-state index in [1.54, 1.807) is 0 Å². The molecule has 0 radical (unpaired) electrons. The maximum absolute atomic E-state index is 3.67. The van der Waals surface area contributed by atoms with Crippen molar-refractivity contribution in [2.75, 3.05) is 18.0 Å². The standard InChI is InChI=1S/C18H24N2/c1-3-16-13-20(17(4-2)12-19-16)18-10-9-14-7-5-6-8-15(14)11-18/h5-11,16-17,19H,3-4,12-13H2,1-2H3. The van der Waals surface area contributed by atoms with E-state index < -0.39 is 0 Å². The molecule has 2 atom stereocenters. The quantitative estimate of drug-likeness (QED) is 0.910. The highest BCUT2D eigenvalue weighted by Crippen LogP contribution is 2.26. The van der Waals surface area contributed by atoms with E-state index in [2.05, 4.69) is 66.5 Å². The molecule has 0 aromatic heterocycles. The van der Waals surface area contributed by atoms with Crippen molar-refractivity contribution in [3.05, 3.63) is 42.5 Å². The molecule has 2 unspecified atom stereocenters. The Kier molecular flexibility index (Phi) is 3.93. The fourth-order valence-corrected chi connectivity index (χ4v) is 3.17. The Balaban J connectivity index is 1.94. The lowest BCUT2D eigenvalue weighted by molar-refractivity contribution is 0.379. The zero-order valence-corrected chi connectivity index (χ0v) is 12.5. The van der Waals surface area contributed by atoms with Crippen LogP contribution in [0.1, 0.15) is 26.7 Å². The highest BCUT2D eigenvalue weighted by molar-refractivity contribution is 5.85. The Morgan fingerprint density at radius 1 is 1.05 bits per heavy atom. The summed E-state index contributed by atoms with van der Waals surface area (Å²) in [6.07, 6.45) is 2.39. The summed E-state index contributed by atoms with van der Waals surface area (Å²) in [4.78, 5) is 2.59. The summed E-state index contributed by atoms with van der Waals surface area (Å²) in [6.45, 7) is 6.77. The van der Waals surface area contributed by atoms with Crippen molar-refractivity contribution < 1.29 is 0 Å². The summed E-state index contributed by atoms with van der Waals surface area (Å²) in [7, 11) is 0. The lowest BCUT2D eigenvalue weighted by Gasteiger charge is -2.41. The third-order valence-corrected chi connectivity index (χ3v) is 4.53. The van der Waals surface area contributed by atoms with Crippen molar-refractivity contribution in [2.45, 2.75) is 38.8 Å². The minimum Gasteiger partial charge on any atom is -0.366 e. The highest BCUT2D eigenvalue weighted by Gasteiger charge is 2.25. The van der Waals surface area contributed by atoms with E-state index in [9.17, 15) is 0 Å². The Morgan fingerprint density at radius 3 is 2.60 bits per heavy atom. The average Bonchev–Trinajstić information content (AvgIpc) is 2.53. The van der Waals surface area contributed by atoms with Gasteiger partial charge in [0.2, 0.25) is 0 Å². The van der Waals surface area contributed by atoms with Crippen LogP contribution in [-0.4, -0.2) is 25.2 Å². The smallest absolute Gasteiger partial charge is 0.0412 e. The topological polar surface area (TPSA) is 15.3 Å². The average molecular weight is 268 g/mol. The molecule has 0 amide bonds. The summed E-state index contributed by atoms with van der Waals surface area (Å²) in [5.41, 5.74) is 1.37. The van der Waals surface area contributed by atoms with Crippen LogP contribution in [-0.2, 0) is 0 Å². The molecule has 2 aromatic rings. The second-order valence-electron chi connectivity index (χ2n) is 5.76. The van der Waals surface area contributed by atoms with Gasteiger partial charge in [-0.3, -0.25) is 0 Å². The van der Waals surface area contributed by atoms with E-state index >= 15 is 0 Å². The zero-order valence-electron chi connectivity index (χ0n) is 12.5. The van der Waals surface area contributed by atoms with E-state index in [0.717, 1.165) is 13.1 Å². The minimum absolute atomic E-state index is 0.610. The zero-order chi connectivity index (χ0) is 13.9. The molecular formula is C18H24N2. The van der Waals surface area contributed by atoms with Gasteiger partial charge >= 0.3 is 0 Å². The van der Waals surface area contributed by atoms with Crippen molar-refractivity contribution in [3.8, 4) is 0 Å². The molecule has 1 fully saturated rings. The first-order valence-corrected chi connectivity index (χ1v) is 7.80. The van der Waals surface area contributed by atoms with Crippen molar-refractivity contribution in [1.29, 1.82) is 0 Å². The van der Waals surface area contributed by atoms with Crippen LogP contribution in [0.5, 0.6) is 0 Å². The molecule has 1 aliphatic rings. The first kappa shape index (κ1) is 13.4. The largest absolute Gasteiger partial charge is 0.366 e. The van der Waals surface area contributed by atoms with Gasteiger partial charge in [-0.15, -0.1) is 0 Å². The molecule has 1 N–H and O–H groups in total. The van der Waals surface area contributed by atoms with Gasteiger partial charge < -0.3 is 10.2 Å². The predicted molar refractivity (Wildman–Crippen MR) is 87.5 cm³/mol. The van der Waals surface area contributed by atoms with Crippen LogP contribution < -0.4 is 10.2 Å². The van der Waals surface area contributed by atoms with E-state index in [1.165, 1.54) is 29.3 Å². The lowest BCUT2D eigenvalue weighted by Crippen LogP contribution is -2.56. The maximum atomic E-state index is 3.67. The van der Waals surface area contributed by atoms with E-state index in [4.69, 9.17) is 0 Å². The number of anilines is 1. The first-order valence-electron chi connectivity index (χ1n) is 7.80. The molecular weight excluding hydrogens is 244 g/mol. The van der Waals surface area contributed by atoms with Crippen LogP contribution in [0.4, 0.5) is 5.69 Å². The van der Waals surface area contributed by atoms with Crippen molar-refractivity contribution in [1.82, 2.24) is 5.32 Å². The van der Waals surface area contributed by atoms with Gasteiger partial charge in [0.05, 0.1) is 0 Å². The van der Waals surface area contributed by atoms with Gasteiger partial charge in [-0.25, -0.2) is 0 Å². The molecule has 0 aliphatic carbocycles. The lowest BCUT2D eigenvalue weighted by atomic mass is 10.0. The maximum Gasteiger partial charge on any atom is 0.0412 e. The number of nitrogens with one attached hydrogen (secondary N) is 1. The second-order valence-corrected chi connectivity index (χ2v) is 5.76. The third kappa shape index (κ3) is 2.53. The van der Waals surface area contributed by atoms with E-state index in [0.29, 0.717) is 12.1 Å². The molecule has 1 heterocycles. The number of hydrogen-bond acceptors (Lipinski definition) is 2. The summed E-state index contributed by atoms with van der Waals surface area (Å²) < 4.78 is 0. The fourth-order valence-electron chi connectivity index (χ4n) is 3.17. The van der Waals surface area contributed by atoms with Gasteiger partial charge in [0.1, 0.15) is 0 Å². The van der Waals surface area contributed by atoms with E-state index in [-0.39, 0.29) is 0 Å². The van der Waals surface area contributed by atoms with Crippen LogP contribution in [0.25, 0.3) is 10.8 Å². The molecule has 2 aromatic carbocycles. The number of benzene rings is 2. The molecule has 0 saturated carbocycles. The monoisotopic (exact) mass is 268 g/mol. The van der Waals surface area contributed by atoms with Crippen LogP contribution >= 0.6 is 0 Å².